The maximum absolute atomic E-state index is 12.9. The molecule has 3 aromatic rings. The summed E-state index contributed by atoms with van der Waals surface area (Å²) in [6, 6.07) is 10.0. The summed E-state index contributed by atoms with van der Waals surface area (Å²) in [6.45, 7) is 2.95. The molecule has 1 aliphatic rings. The lowest BCUT2D eigenvalue weighted by Crippen LogP contribution is -2.49. The number of hydrogen-bond acceptors (Lipinski definition) is 5. The number of hydrogen-bond donors (Lipinski definition) is 0. The third-order valence-electron chi connectivity index (χ3n) is 4.69. The van der Waals surface area contributed by atoms with Gasteiger partial charge in [0.15, 0.2) is 0 Å². The monoisotopic (exact) mass is 367 g/mol. The van der Waals surface area contributed by atoms with Crippen LogP contribution in [0.3, 0.4) is 0 Å². The van der Waals surface area contributed by atoms with Crippen molar-refractivity contribution in [3.05, 3.63) is 65.4 Å². The fourth-order valence-electron chi connectivity index (χ4n) is 3.29. The van der Waals surface area contributed by atoms with E-state index in [0.717, 1.165) is 19.0 Å². The molecular weight excluding hydrogens is 346 g/mol. The van der Waals surface area contributed by atoms with Gasteiger partial charge in [-0.1, -0.05) is 6.07 Å². The lowest BCUT2D eigenvalue weighted by molar-refractivity contribution is -0.132. The fourth-order valence-corrected chi connectivity index (χ4v) is 4.13. The second-order valence-corrected chi connectivity index (χ2v) is 7.26. The number of carbonyl (C=O) groups is 1. The molecule has 0 spiro atoms. The zero-order chi connectivity index (χ0) is 17.8. The zero-order valence-corrected chi connectivity index (χ0v) is 15.3. The molecule has 6 nitrogen and oxygen atoms in total. The van der Waals surface area contributed by atoms with Gasteiger partial charge in [-0.05, 0) is 29.6 Å². The maximum Gasteiger partial charge on any atom is 0.225 e. The average Bonchev–Trinajstić information content (AvgIpc) is 3.41. The summed E-state index contributed by atoms with van der Waals surface area (Å²) < 4.78 is 2.12. The maximum atomic E-state index is 12.9. The topological polar surface area (TPSA) is 54.3 Å². The highest BCUT2D eigenvalue weighted by Gasteiger charge is 2.26. The third kappa shape index (κ3) is 3.62. The van der Waals surface area contributed by atoms with Crippen molar-refractivity contribution in [3.63, 3.8) is 0 Å². The van der Waals surface area contributed by atoms with Crippen molar-refractivity contribution >= 4 is 23.2 Å². The summed E-state index contributed by atoms with van der Waals surface area (Å²) in [5.41, 5.74) is 0. The Morgan fingerprint density at radius 1 is 1.04 bits per heavy atom. The van der Waals surface area contributed by atoms with Crippen molar-refractivity contribution in [2.75, 3.05) is 31.1 Å². The molecular formula is C19H21N5OS. The molecule has 1 atom stereocenters. The highest BCUT2D eigenvalue weighted by Crippen LogP contribution is 2.27. The standard InChI is InChI=1S/C19H21N5OS/c25-18(15-16(17-5-3-14-26-17)22-8-1-2-9-22)23-10-12-24(13-11-23)19-20-6-4-7-21-19/h1-9,14,16H,10-13,15H2/t16-/m1/s1. The normalized spacial score (nSPS) is 15.8. The molecule has 1 aliphatic heterocycles. The molecule has 26 heavy (non-hydrogen) atoms. The van der Waals surface area contributed by atoms with E-state index >= 15 is 0 Å². The summed E-state index contributed by atoms with van der Waals surface area (Å²) >= 11 is 1.70. The van der Waals surface area contributed by atoms with Crippen molar-refractivity contribution in [2.24, 2.45) is 0 Å². The van der Waals surface area contributed by atoms with Crippen LogP contribution in [0.15, 0.2) is 60.5 Å². The molecule has 1 saturated heterocycles. The molecule has 0 aliphatic carbocycles. The summed E-state index contributed by atoms with van der Waals surface area (Å²) in [7, 11) is 0. The van der Waals surface area contributed by atoms with Crippen LogP contribution in [0.1, 0.15) is 17.3 Å². The van der Waals surface area contributed by atoms with E-state index in [1.54, 1.807) is 23.7 Å². The Hall–Kier alpha value is -2.67. The van der Waals surface area contributed by atoms with E-state index in [2.05, 4.69) is 30.9 Å². The predicted molar refractivity (Wildman–Crippen MR) is 102 cm³/mol. The molecule has 0 N–H and O–H groups in total. The molecule has 0 radical (unpaired) electrons. The summed E-state index contributed by atoms with van der Waals surface area (Å²) in [6.07, 6.45) is 8.05. The second-order valence-electron chi connectivity index (χ2n) is 6.28. The van der Waals surface area contributed by atoms with E-state index in [1.807, 2.05) is 41.6 Å². The predicted octanol–water partition coefficient (Wildman–Crippen LogP) is 2.67. The minimum atomic E-state index is 0.0630. The zero-order valence-electron chi connectivity index (χ0n) is 14.4. The van der Waals surface area contributed by atoms with Gasteiger partial charge in [0.2, 0.25) is 11.9 Å². The van der Waals surface area contributed by atoms with Crippen LogP contribution in [0, 0.1) is 0 Å². The Labute approximate surface area is 156 Å². The van der Waals surface area contributed by atoms with Gasteiger partial charge < -0.3 is 14.4 Å². The number of rotatable bonds is 5. The Morgan fingerprint density at radius 2 is 1.77 bits per heavy atom. The van der Waals surface area contributed by atoms with Crippen LogP contribution in [0.25, 0.3) is 0 Å². The van der Waals surface area contributed by atoms with Gasteiger partial charge in [0.05, 0.1) is 12.5 Å². The minimum absolute atomic E-state index is 0.0630. The minimum Gasteiger partial charge on any atom is -0.346 e. The SMILES string of the molecule is O=C(C[C@H](c1cccs1)n1cccc1)N1CCN(c2ncccn2)CC1. The van der Waals surface area contributed by atoms with Crippen LogP contribution in [0.2, 0.25) is 0 Å². The first kappa shape index (κ1) is 16.8. The van der Waals surface area contributed by atoms with Crippen LogP contribution >= 0.6 is 11.3 Å². The number of nitrogens with zero attached hydrogens (tertiary/aromatic N) is 5. The first-order valence-electron chi connectivity index (χ1n) is 8.77. The molecule has 134 valence electrons. The van der Waals surface area contributed by atoms with Crippen molar-refractivity contribution in [2.45, 2.75) is 12.5 Å². The fraction of sp³-hybridized carbons (Fsp3) is 0.316. The van der Waals surface area contributed by atoms with E-state index < -0.39 is 0 Å². The number of aromatic nitrogens is 3. The summed E-state index contributed by atoms with van der Waals surface area (Å²) in [5, 5.41) is 2.06. The molecule has 0 saturated carbocycles. The smallest absolute Gasteiger partial charge is 0.225 e. The lowest BCUT2D eigenvalue weighted by Gasteiger charge is -2.35. The molecule has 0 bridgehead atoms. The molecule has 7 heteroatoms. The first-order valence-corrected chi connectivity index (χ1v) is 9.65. The summed E-state index contributed by atoms with van der Waals surface area (Å²) in [5.74, 6) is 0.939. The molecule has 4 heterocycles. The molecule has 1 amide bonds. The first-order chi connectivity index (χ1) is 12.8. The van der Waals surface area contributed by atoms with Crippen LogP contribution in [-0.4, -0.2) is 51.5 Å². The highest BCUT2D eigenvalue weighted by atomic mass is 32.1. The van der Waals surface area contributed by atoms with E-state index in [1.165, 1.54) is 4.88 Å². The average molecular weight is 367 g/mol. The van der Waals surface area contributed by atoms with Gasteiger partial charge in [0, 0.05) is 55.8 Å². The van der Waals surface area contributed by atoms with Crippen LogP contribution in [-0.2, 0) is 4.79 Å². The number of piperazine rings is 1. The Balaban J connectivity index is 1.40. The van der Waals surface area contributed by atoms with Gasteiger partial charge >= 0.3 is 0 Å². The second kappa shape index (κ2) is 7.70. The van der Waals surface area contributed by atoms with Gasteiger partial charge in [0.25, 0.3) is 0 Å². The van der Waals surface area contributed by atoms with Crippen molar-refractivity contribution in [1.82, 2.24) is 19.4 Å². The van der Waals surface area contributed by atoms with E-state index in [0.29, 0.717) is 19.5 Å². The highest BCUT2D eigenvalue weighted by molar-refractivity contribution is 7.10. The van der Waals surface area contributed by atoms with Crippen molar-refractivity contribution in [3.8, 4) is 0 Å². The van der Waals surface area contributed by atoms with Gasteiger partial charge in [-0.15, -0.1) is 11.3 Å². The molecule has 3 aromatic heterocycles. The van der Waals surface area contributed by atoms with Gasteiger partial charge in [-0.3, -0.25) is 4.79 Å². The summed E-state index contributed by atoms with van der Waals surface area (Å²) in [4.78, 5) is 26.8. The lowest BCUT2D eigenvalue weighted by atomic mass is 10.1. The van der Waals surface area contributed by atoms with E-state index in [9.17, 15) is 4.79 Å². The number of amides is 1. The largest absolute Gasteiger partial charge is 0.346 e. The Morgan fingerprint density at radius 3 is 2.42 bits per heavy atom. The van der Waals surface area contributed by atoms with Crippen LogP contribution < -0.4 is 4.90 Å². The van der Waals surface area contributed by atoms with E-state index in [-0.39, 0.29) is 11.9 Å². The third-order valence-corrected chi connectivity index (χ3v) is 5.67. The van der Waals surface area contributed by atoms with Crippen molar-refractivity contribution < 1.29 is 4.79 Å². The Kier molecular flexibility index (Phi) is 4.97. The van der Waals surface area contributed by atoms with Gasteiger partial charge in [-0.2, -0.15) is 0 Å². The van der Waals surface area contributed by atoms with Crippen LogP contribution in [0.4, 0.5) is 5.95 Å². The molecule has 1 fully saturated rings. The number of carbonyl (C=O) groups excluding carboxylic acids is 1. The van der Waals surface area contributed by atoms with E-state index in [4.69, 9.17) is 0 Å². The number of anilines is 1. The van der Waals surface area contributed by atoms with Crippen molar-refractivity contribution in [1.29, 1.82) is 0 Å². The molecule has 4 rings (SSSR count). The Bertz CT molecular complexity index is 777. The van der Waals surface area contributed by atoms with Crippen LogP contribution in [0.5, 0.6) is 0 Å². The quantitative estimate of drug-likeness (QED) is 0.696. The number of thiophene rings is 1. The van der Waals surface area contributed by atoms with Gasteiger partial charge in [0.1, 0.15) is 0 Å². The molecule has 0 aromatic carbocycles. The van der Waals surface area contributed by atoms with Gasteiger partial charge in [-0.25, -0.2) is 9.97 Å². The molecule has 0 unspecified atom stereocenters.